The molecule has 10 heteroatoms. The number of carbonyl (C=O) groups excluding carboxylic acids is 1. The van der Waals surface area contributed by atoms with Gasteiger partial charge in [0.05, 0.1) is 31.6 Å². The Morgan fingerprint density at radius 2 is 2.25 bits per heavy atom. The van der Waals surface area contributed by atoms with Gasteiger partial charge in [-0.1, -0.05) is 0 Å². The monoisotopic (exact) mass is 433 g/mol. The van der Waals surface area contributed by atoms with Gasteiger partial charge in [0.2, 0.25) is 5.95 Å². The van der Waals surface area contributed by atoms with E-state index in [0.29, 0.717) is 28.9 Å². The van der Waals surface area contributed by atoms with Crippen LogP contribution in [0.15, 0.2) is 49.1 Å². The zero-order chi connectivity index (χ0) is 22.1. The molecule has 4 aromatic rings. The summed E-state index contributed by atoms with van der Waals surface area (Å²) in [5.41, 5.74) is 2.08. The number of benzene rings is 1. The molecule has 0 amide bonds. The standard InChI is InChI=1S/C22H23N7O3/c1-32-18-9-15(12-30)8-17(10-18)27-11-20(23-14-27)24-21-19-5-3-7-29(19)26-22(25-21)28-6-2-4-16(28)13-31/h3,5,7-12,14,16,31H,2,4,6,13H2,1H3,(H,24,25,26)/t16-/m0/s1. The Bertz CT molecular complexity index is 1270. The van der Waals surface area contributed by atoms with Gasteiger partial charge in [-0.25, -0.2) is 9.50 Å². The minimum atomic E-state index is 0.0233. The van der Waals surface area contributed by atoms with Crippen LogP contribution in [0.3, 0.4) is 0 Å². The van der Waals surface area contributed by atoms with E-state index in [-0.39, 0.29) is 12.6 Å². The highest BCUT2D eigenvalue weighted by Gasteiger charge is 2.27. The predicted molar refractivity (Wildman–Crippen MR) is 119 cm³/mol. The zero-order valence-corrected chi connectivity index (χ0v) is 17.5. The van der Waals surface area contributed by atoms with Gasteiger partial charge in [-0.2, -0.15) is 4.98 Å². The SMILES string of the molecule is COc1cc(C=O)cc(-n2cnc(Nc3nc(N4CCC[C@H]4CO)nn4cccc34)c2)c1. The Labute approximate surface area is 184 Å². The molecule has 3 aromatic heterocycles. The molecule has 2 N–H and O–H groups in total. The molecule has 1 saturated heterocycles. The smallest absolute Gasteiger partial charge is 0.245 e. The second kappa shape index (κ2) is 8.31. The maximum Gasteiger partial charge on any atom is 0.245 e. The number of fused-ring (bicyclic) bond motifs is 1. The number of hydrogen-bond donors (Lipinski definition) is 2. The fourth-order valence-electron chi connectivity index (χ4n) is 4.02. The molecule has 0 aliphatic carbocycles. The molecule has 0 bridgehead atoms. The van der Waals surface area contributed by atoms with E-state index >= 15 is 0 Å². The summed E-state index contributed by atoms with van der Waals surface area (Å²) in [6, 6.07) is 9.12. The second-order valence-electron chi connectivity index (χ2n) is 7.64. The van der Waals surface area contributed by atoms with E-state index in [4.69, 9.17) is 9.72 Å². The molecule has 4 heterocycles. The summed E-state index contributed by atoms with van der Waals surface area (Å²) in [6.07, 6.45) is 8.04. The number of aromatic nitrogens is 5. The number of nitrogens with one attached hydrogen (secondary N) is 1. The third-order valence-electron chi connectivity index (χ3n) is 5.64. The summed E-state index contributed by atoms with van der Waals surface area (Å²) in [7, 11) is 1.56. The van der Waals surface area contributed by atoms with E-state index in [1.807, 2.05) is 35.5 Å². The lowest BCUT2D eigenvalue weighted by Crippen LogP contribution is -2.34. The third-order valence-corrected chi connectivity index (χ3v) is 5.64. The first kappa shape index (κ1) is 20.0. The van der Waals surface area contributed by atoms with E-state index in [9.17, 15) is 9.90 Å². The average Bonchev–Trinajstić information content (AvgIpc) is 3.58. The molecule has 1 aliphatic heterocycles. The average molecular weight is 433 g/mol. The Balaban J connectivity index is 1.47. The molecule has 0 spiro atoms. The predicted octanol–water partition coefficient (Wildman–Crippen LogP) is 2.44. The van der Waals surface area contributed by atoms with Crippen molar-refractivity contribution >= 4 is 29.4 Å². The molecular weight excluding hydrogens is 410 g/mol. The summed E-state index contributed by atoms with van der Waals surface area (Å²) in [5, 5.41) is 17.6. The number of aliphatic hydroxyl groups is 1. The van der Waals surface area contributed by atoms with E-state index in [1.54, 1.807) is 34.7 Å². The fraction of sp³-hybridized carbons (Fsp3) is 0.273. The molecule has 0 unspecified atom stereocenters. The lowest BCUT2D eigenvalue weighted by atomic mass is 10.2. The van der Waals surface area contributed by atoms with Gasteiger partial charge in [0, 0.05) is 24.4 Å². The molecule has 164 valence electrons. The van der Waals surface area contributed by atoms with Crippen LogP contribution in [-0.2, 0) is 0 Å². The summed E-state index contributed by atoms with van der Waals surface area (Å²) in [5.74, 6) is 2.37. The first-order valence-electron chi connectivity index (χ1n) is 10.4. The molecule has 0 saturated carbocycles. The highest BCUT2D eigenvalue weighted by atomic mass is 16.5. The van der Waals surface area contributed by atoms with Crippen molar-refractivity contribution in [1.82, 2.24) is 24.1 Å². The van der Waals surface area contributed by atoms with Crippen LogP contribution in [0.4, 0.5) is 17.6 Å². The number of imidazole rings is 1. The lowest BCUT2D eigenvalue weighted by Gasteiger charge is -2.23. The van der Waals surface area contributed by atoms with Crippen molar-refractivity contribution in [1.29, 1.82) is 0 Å². The van der Waals surface area contributed by atoms with Crippen molar-refractivity contribution in [2.24, 2.45) is 0 Å². The summed E-state index contributed by atoms with van der Waals surface area (Å²) in [6.45, 7) is 0.879. The number of nitrogens with zero attached hydrogens (tertiary/aromatic N) is 6. The topological polar surface area (TPSA) is 110 Å². The molecule has 5 rings (SSSR count). The van der Waals surface area contributed by atoms with Gasteiger partial charge in [0.1, 0.15) is 29.7 Å². The zero-order valence-electron chi connectivity index (χ0n) is 17.5. The first-order chi connectivity index (χ1) is 15.7. The number of methoxy groups -OCH3 is 1. The minimum Gasteiger partial charge on any atom is -0.497 e. The number of aliphatic hydroxyl groups excluding tert-OH is 1. The first-order valence-corrected chi connectivity index (χ1v) is 10.4. The number of ether oxygens (including phenoxy) is 1. The van der Waals surface area contributed by atoms with E-state index < -0.39 is 0 Å². The lowest BCUT2D eigenvalue weighted by molar-refractivity contribution is 0.112. The van der Waals surface area contributed by atoms with Crippen LogP contribution in [0.25, 0.3) is 11.2 Å². The van der Waals surface area contributed by atoms with Gasteiger partial charge in [0.25, 0.3) is 0 Å². The van der Waals surface area contributed by atoms with Crippen LogP contribution < -0.4 is 15.0 Å². The van der Waals surface area contributed by atoms with Crippen molar-refractivity contribution in [2.45, 2.75) is 18.9 Å². The maximum atomic E-state index is 11.3. The molecule has 1 aliphatic rings. The van der Waals surface area contributed by atoms with Gasteiger partial charge in [-0.15, -0.1) is 5.10 Å². The third kappa shape index (κ3) is 3.65. The van der Waals surface area contributed by atoms with Crippen molar-refractivity contribution in [2.75, 3.05) is 30.5 Å². The summed E-state index contributed by atoms with van der Waals surface area (Å²) >= 11 is 0. The van der Waals surface area contributed by atoms with Crippen LogP contribution in [0.5, 0.6) is 5.75 Å². The second-order valence-corrected chi connectivity index (χ2v) is 7.64. The number of rotatable bonds is 7. The summed E-state index contributed by atoms with van der Waals surface area (Å²) in [4.78, 5) is 22.5. The Morgan fingerprint density at radius 3 is 3.06 bits per heavy atom. The van der Waals surface area contributed by atoms with E-state index in [1.165, 1.54) is 0 Å². The van der Waals surface area contributed by atoms with Crippen molar-refractivity contribution in [3.63, 3.8) is 0 Å². The highest BCUT2D eigenvalue weighted by Crippen LogP contribution is 2.27. The van der Waals surface area contributed by atoms with Crippen molar-refractivity contribution in [3.05, 3.63) is 54.6 Å². The van der Waals surface area contributed by atoms with Crippen LogP contribution in [-0.4, -0.2) is 61.8 Å². The molecule has 1 fully saturated rings. The largest absolute Gasteiger partial charge is 0.497 e. The molecule has 32 heavy (non-hydrogen) atoms. The normalized spacial score (nSPS) is 15.9. The molecule has 1 aromatic carbocycles. The van der Waals surface area contributed by atoms with Crippen LogP contribution >= 0.6 is 0 Å². The van der Waals surface area contributed by atoms with E-state index in [0.717, 1.165) is 36.9 Å². The number of hydrogen-bond acceptors (Lipinski definition) is 8. The Kier molecular flexibility index (Phi) is 5.20. The Hall–Kier alpha value is -3.92. The molecule has 10 nitrogen and oxygen atoms in total. The maximum absolute atomic E-state index is 11.3. The van der Waals surface area contributed by atoms with Crippen LogP contribution in [0, 0.1) is 0 Å². The quantitative estimate of drug-likeness (QED) is 0.428. The molecule has 1 atom stereocenters. The van der Waals surface area contributed by atoms with Crippen LogP contribution in [0.1, 0.15) is 23.2 Å². The number of carbonyl (C=O) groups is 1. The molecule has 0 radical (unpaired) electrons. The van der Waals surface area contributed by atoms with E-state index in [2.05, 4.69) is 15.4 Å². The Morgan fingerprint density at radius 1 is 1.34 bits per heavy atom. The van der Waals surface area contributed by atoms with Gasteiger partial charge in [-0.05, 0) is 37.1 Å². The number of aldehydes is 1. The van der Waals surface area contributed by atoms with Crippen LogP contribution in [0.2, 0.25) is 0 Å². The number of anilines is 3. The fourth-order valence-corrected chi connectivity index (χ4v) is 4.02. The van der Waals surface area contributed by atoms with Crippen molar-refractivity contribution < 1.29 is 14.6 Å². The molecular formula is C22H23N7O3. The summed E-state index contributed by atoms with van der Waals surface area (Å²) < 4.78 is 8.86. The van der Waals surface area contributed by atoms with Crippen molar-refractivity contribution in [3.8, 4) is 11.4 Å². The van der Waals surface area contributed by atoms with Gasteiger partial charge in [0.15, 0.2) is 5.82 Å². The van der Waals surface area contributed by atoms with Gasteiger partial charge < -0.3 is 24.6 Å². The van der Waals surface area contributed by atoms with Gasteiger partial charge >= 0.3 is 0 Å². The highest BCUT2D eigenvalue weighted by molar-refractivity contribution is 5.77. The van der Waals surface area contributed by atoms with Gasteiger partial charge in [-0.3, -0.25) is 4.79 Å². The minimum absolute atomic E-state index is 0.0233.